The number of rotatable bonds is 3. The average molecular weight is 317 g/mol. The third-order valence-corrected chi connectivity index (χ3v) is 5.24. The number of nitrogens with zero attached hydrogens (tertiary/aromatic N) is 5. The van der Waals surface area contributed by atoms with Crippen molar-refractivity contribution < 1.29 is 4.74 Å². The smallest absolute Gasteiger partial charge is 0.204 e. The zero-order valence-corrected chi connectivity index (χ0v) is 14.5. The summed E-state index contributed by atoms with van der Waals surface area (Å²) in [5.41, 5.74) is 0.885. The van der Waals surface area contributed by atoms with E-state index in [-0.39, 0.29) is 11.6 Å². The summed E-state index contributed by atoms with van der Waals surface area (Å²) in [7, 11) is 6.03. The predicted octanol–water partition coefficient (Wildman–Crippen LogP) is 1.91. The van der Waals surface area contributed by atoms with Gasteiger partial charge in [0.05, 0.1) is 23.6 Å². The van der Waals surface area contributed by atoms with Crippen molar-refractivity contribution in [1.29, 1.82) is 5.26 Å². The van der Waals surface area contributed by atoms with E-state index in [4.69, 9.17) is 4.74 Å². The van der Waals surface area contributed by atoms with Crippen LogP contribution in [0.15, 0.2) is 6.20 Å². The Kier molecular flexibility index (Phi) is 4.60. The van der Waals surface area contributed by atoms with Crippen molar-refractivity contribution in [1.82, 2.24) is 14.5 Å². The molecule has 6 nitrogen and oxygen atoms in total. The highest BCUT2D eigenvalue weighted by Gasteiger charge is 2.47. The molecule has 2 aliphatic rings. The van der Waals surface area contributed by atoms with Crippen molar-refractivity contribution in [2.75, 3.05) is 32.1 Å². The van der Waals surface area contributed by atoms with Gasteiger partial charge >= 0.3 is 0 Å². The minimum atomic E-state index is -0.256. The molecule has 6 heteroatoms. The molecule has 0 saturated carbocycles. The van der Waals surface area contributed by atoms with Crippen LogP contribution < -0.4 is 4.90 Å². The third kappa shape index (κ3) is 2.96. The van der Waals surface area contributed by atoms with Crippen LogP contribution in [0.2, 0.25) is 0 Å². The van der Waals surface area contributed by atoms with Gasteiger partial charge in [-0.2, -0.15) is 5.26 Å². The van der Waals surface area contributed by atoms with E-state index in [0.717, 1.165) is 57.0 Å². The van der Waals surface area contributed by atoms with Crippen LogP contribution in [0, 0.1) is 11.3 Å². The van der Waals surface area contributed by atoms with E-state index >= 15 is 0 Å². The predicted molar refractivity (Wildman–Crippen MR) is 89.1 cm³/mol. The van der Waals surface area contributed by atoms with Gasteiger partial charge in [0.15, 0.2) is 0 Å². The Morgan fingerprint density at radius 1 is 1.39 bits per heavy atom. The molecule has 3 rings (SSSR count). The fourth-order valence-electron chi connectivity index (χ4n) is 4.04. The zero-order chi connectivity index (χ0) is 16.4. The lowest BCUT2D eigenvalue weighted by molar-refractivity contribution is -0.138. The van der Waals surface area contributed by atoms with E-state index < -0.39 is 0 Å². The molecular formula is C17H27N5O. The molecular weight excluding hydrogens is 290 g/mol. The van der Waals surface area contributed by atoms with Crippen molar-refractivity contribution in [2.24, 2.45) is 7.05 Å². The van der Waals surface area contributed by atoms with Gasteiger partial charge in [0.2, 0.25) is 5.95 Å². The molecule has 2 saturated heterocycles. The number of nitriles is 1. The highest BCUT2D eigenvalue weighted by molar-refractivity contribution is 5.31. The SMILES string of the molecule is CN(C)c1ncc(CN2CCC[C@@]3(CCCCO3)[C@@H]2C#N)n1C. The normalized spacial score (nSPS) is 28.7. The molecule has 0 unspecified atom stereocenters. The number of piperidine rings is 1. The first-order valence-corrected chi connectivity index (χ1v) is 8.53. The molecule has 23 heavy (non-hydrogen) atoms. The van der Waals surface area contributed by atoms with Crippen LogP contribution in [-0.4, -0.2) is 53.3 Å². The molecule has 2 atom stereocenters. The summed E-state index contributed by atoms with van der Waals surface area (Å²) in [6.07, 6.45) is 7.33. The molecule has 1 aromatic rings. The second-order valence-corrected chi connectivity index (χ2v) is 6.98. The van der Waals surface area contributed by atoms with E-state index in [0.29, 0.717) is 0 Å². The van der Waals surface area contributed by atoms with Crippen LogP contribution in [0.5, 0.6) is 0 Å². The van der Waals surface area contributed by atoms with Crippen LogP contribution in [0.4, 0.5) is 5.95 Å². The van der Waals surface area contributed by atoms with E-state index in [1.54, 1.807) is 0 Å². The molecule has 3 heterocycles. The molecule has 0 aromatic carbocycles. The second kappa shape index (κ2) is 6.50. The molecule has 1 spiro atoms. The quantitative estimate of drug-likeness (QED) is 0.852. The number of likely N-dealkylation sites (tertiary alicyclic amines) is 1. The molecule has 0 N–H and O–H groups in total. The minimum absolute atomic E-state index is 0.158. The summed E-state index contributed by atoms with van der Waals surface area (Å²) >= 11 is 0. The second-order valence-electron chi connectivity index (χ2n) is 6.98. The topological polar surface area (TPSA) is 57.3 Å². The molecule has 0 radical (unpaired) electrons. The minimum Gasteiger partial charge on any atom is -0.372 e. The molecule has 0 aliphatic carbocycles. The fourth-order valence-corrected chi connectivity index (χ4v) is 4.04. The third-order valence-electron chi connectivity index (χ3n) is 5.24. The Morgan fingerprint density at radius 3 is 2.78 bits per heavy atom. The van der Waals surface area contributed by atoms with Gasteiger partial charge in [0.25, 0.3) is 0 Å². The number of ether oxygens (including phenoxy) is 1. The Bertz CT molecular complexity index is 577. The van der Waals surface area contributed by atoms with E-state index in [2.05, 4.69) is 20.5 Å². The van der Waals surface area contributed by atoms with Crippen molar-refractivity contribution in [3.05, 3.63) is 11.9 Å². The lowest BCUT2D eigenvalue weighted by Gasteiger charge is -2.48. The van der Waals surface area contributed by atoms with Crippen LogP contribution >= 0.6 is 0 Å². The van der Waals surface area contributed by atoms with Gasteiger partial charge in [-0.1, -0.05) is 0 Å². The standard InChI is InChI=1S/C17H27N5O/c1-20(2)16-19-12-14(21(16)3)13-22-9-6-8-17(15(22)11-18)7-4-5-10-23-17/h12,15H,4-10,13H2,1-3H3/t15-,17-/m0/s1. The summed E-state index contributed by atoms with van der Waals surface area (Å²) in [4.78, 5) is 8.77. The van der Waals surface area contributed by atoms with E-state index in [9.17, 15) is 5.26 Å². The van der Waals surface area contributed by atoms with Crippen molar-refractivity contribution in [3.8, 4) is 6.07 Å². The Morgan fingerprint density at radius 2 is 2.17 bits per heavy atom. The summed E-state index contributed by atoms with van der Waals surface area (Å²) in [5.74, 6) is 0.939. The van der Waals surface area contributed by atoms with Gasteiger partial charge in [0, 0.05) is 40.8 Å². The molecule has 0 amide bonds. The van der Waals surface area contributed by atoms with Gasteiger partial charge in [0.1, 0.15) is 6.04 Å². The maximum atomic E-state index is 9.82. The summed E-state index contributed by atoms with van der Waals surface area (Å²) in [6.45, 7) is 2.50. The lowest BCUT2D eigenvalue weighted by atomic mass is 9.79. The summed E-state index contributed by atoms with van der Waals surface area (Å²) < 4.78 is 8.27. The first-order chi connectivity index (χ1) is 11.1. The van der Waals surface area contributed by atoms with Gasteiger partial charge in [-0.15, -0.1) is 0 Å². The largest absolute Gasteiger partial charge is 0.372 e. The number of anilines is 1. The molecule has 0 bridgehead atoms. The Labute approximate surface area is 138 Å². The monoisotopic (exact) mass is 317 g/mol. The van der Waals surface area contributed by atoms with Crippen molar-refractivity contribution >= 4 is 5.95 Å². The van der Waals surface area contributed by atoms with E-state index in [1.165, 1.54) is 6.42 Å². The van der Waals surface area contributed by atoms with Gasteiger partial charge < -0.3 is 14.2 Å². The maximum Gasteiger partial charge on any atom is 0.204 e. The summed E-state index contributed by atoms with van der Waals surface area (Å²) in [6, 6.07) is 2.39. The van der Waals surface area contributed by atoms with Crippen molar-refractivity contribution in [2.45, 2.75) is 50.3 Å². The number of aromatic nitrogens is 2. The highest BCUT2D eigenvalue weighted by atomic mass is 16.5. The maximum absolute atomic E-state index is 9.82. The Balaban J connectivity index is 1.80. The van der Waals surface area contributed by atoms with Crippen LogP contribution in [0.1, 0.15) is 37.8 Å². The molecule has 2 aliphatic heterocycles. The average Bonchev–Trinajstić information content (AvgIpc) is 2.90. The van der Waals surface area contributed by atoms with Gasteiger partial charge in [-0.05, 0) is 32.1 Å². The Hall–Kier alpha value is -1.58. The van der Waals surface area contributed by atoms with Crippen LogP contribution in [0.25, 0.3) is 0 Å². The number of imidazole rings is 1. The van der Waals surface area contributed by atoms with Crippen LogP contribution in [-0.2, 0) is 18.3 Å². The first kappa shape index (κ1) is 16.3. The highest BCUT2D eigenvalue weighted by Crippen LogP contribution is 2.38. The molecule has 1 aromatic heterocycles. The first-order valence-electron chi connectivity index (χ1n) is 8.53. The van der Waals surface area contributed by atoms with Gasteiger partial charge in [-0.25, -0.2) is 4.98 Å². The summed E-state index contributed by atoms with van der Waals surface area (Å²) in [5, 5.41) is 9.82. The number of hydrogen-bond donors (Lipinski definition) is 0. The van der Waals surface area contributed by atoms with Crippen molar-refractivity contribution in [3.63, 3.8) is 0 Å². The number of hydrogen-bond acceptors (Lipinski definition) is 5. The van der Waals surface area contributed by atoms with Gasteiger partial charge in [-0.3, -0.25) is 4.90 Å². The molecule has 2 fully saturated rings. The zero-order valence-electron chi connectivity index (χ0n) is 14.5. The fraction of sp³-hybridized carbons (Fsp3) is 0.765. The van der Waals surface area contributed by atoms with E-state index in [1.807, 2.05) is 32.2 Å². The molecule has 126 valence electrons. The lowest BCUT2D eigenvalue weighted by Crippen LogP contribution is -2.58. The van der Waals surface area contributed by atoms with Crippen LogP contribution in [0.3, 0.4) is 0 Å².